The van der Waals surface area contributed by atoms with Gasteiger partial charge in [0.05, 0.1) is 23.8 Å². The van der Waals surface area contributed by atoms with Gasteiger partial charge < -0.3 is 10.2 Å². The van der Waals surface area contributed by atoms with Crippen molar-refractivity contribution in [1.82, 2.24) is 20.1 Å². The average molecular weight is 310 g/mol. The molecule has 1 amide bonds. The van der Waals surface area contributed by atoms with E-state index in [-0.39, 0.29) is 5.91 Å². The third-order valence-electron chi connectivity index (χ3n) is 3.86. The number of likely N-dealkylation sites (N-methyl/N-ethyl adjacent to an activating group) is 1. The highest BCUT2D eigenvalue weighted by molar-refractivity contribution is 7.11. The Morgan fingerprint density at radius 3 is 2.86 bits per heavy atom. The van der Waals surface area contributed by atoms with E-state index in [0.717, 1.165) is 49.7 Å². The second-order valence-corrected chi connectivity index (χ2v) is 6.85. The van der Waals surface area contributed by atoms with E-state index in [1.807, 2.05) is 6.92 Å². The van der Waals surface area contributed by atoms with Crippen molar-refractivity contribution in [3.8, 4) is 0 Å². The first-order valence-electron chi connectivity index (χ1n) is 7.71. The molecule has 118 valence electrons. The summed E-state index contributed by atoms with van der Waals surface area (Å²) < 4.78 is 0. The normalized spacial score (nSPS) is 17.7. The summed E-state index contributed by atoms with van der Waals surface area (Å²) in [6.45, 7) is 9.39. The van der Waals surface area contributed by atoms with E-state index in [0.29, 0.717) is 13.1 Å². The first-order valence-corrected chi connectivity index (χ1v) is 8.53. The SMILES string of the molecule is CCc1nc(C)c(CNC(=O)CN2CCCN(C)CC2)s1. The third-order valence-corrected chi connectivity index (χ3v) is 5.17. The number of amides is 1. The number of nitrogens with zero attached hydrogens (tertiary/aromatic N) is 3. The predicted molar refractivity (Wildman–Crippen MR) is 86.6 cm³/mol. The minimum absolute atomic E-state index is 0.116. The molecule has 0 aromatic carbocycles. The van der Waals surface area contributed by atoms with Crippen LogP contribution < -0.4 is 5.32 Å². The first-order chi connectivity index (χ1) is 10.1. The molecule has 0 spiro atoms. The summed E-state index contributed by atoms with van der Waals surface area (Å²) >= 11 is 1.71. The number of hydrogen-bond acceptors (Lipinski definition) is 5. The molecular weight excluding hydrogens is 284 g/mol. The highest BCUT2D eigenvalue weighted by atomic mass is 32.1. The fourth-order valence-corrected chi connectivity index (χ4v) is 3.45. The fourth-order valence-electron chi connectivity index (χ4n) is 2.50. The highest BCUT2D eigenvalue weighted by Crippen LogP contribution is 2.18. The monoisotopic (exact) mass is 310 g/mol. The van der Waals surface area contributed by atoms with Crippen molar-refractivity contribution >= 4 is 17.2 Å². The number of aromatic nitrogens is 1. The van der Waals surface area contributed by atoms with Crippen LogP contribution in [0.5, 0.6) is 0 Å². The van der Waals surface area contributed by atoms with E-state index < -0.39 is 0 Å². The van der Waals surface area contributed by atoms with Crippen molar-refractivity contribution in [2.45, 2.75) is 33.2 Å². The molecule has 0 saturated carbocycles. The molecule has 21 heavy (non-hydrogen) atoms. The van der Waals surface area contributed by atoms with E-state index in [1.54, 1.807) is 11.3 Å². The molecule has 1 aliphatic heterocycles. The van der Waals surface area contributed by atoms with Gasteiger partial charge in [-0.05, 0) is 39.9 Å². The van der Waals surface area contributed by atoms with Gasteiger partial charge in [-0.2, -0.15) is 0 Å². The molecule has 0 radical (unpaired) electrons. The van der Waals surface area contributed by atoms with Gasteiger partial charge in [0.25, 0.3) is 0 Å². The maximum atomic E-state index is 12.1. The summed E-state index contributed by atoms with van der Waals surface area (Å²) in [5.74, 6) is 0.116. The Kier molecular flexibility index (Phi) is 6.14. The number of nitrogens with one attached hydrogen (secondary N) is 1. The topological polar surface area (TPSA) is 48.5 Å². The van der Waals surface area contributed by atoms with Gasteiger partial charge in [-0.25, -0.2) is 4.98 Å². The molecule has 1 aliphatic rings. The molecule has 2 rings (SSSR count). The molecule has 1 N–H and O–H groups in total. The molecule has 0 unspecified atom stereocenters. The second kappa shape index (κ2) is 7.87. The maximum Gasteiger partial charge on any atom is 0.234 e. The summed E-state index contributed by atoms with van der Waals surface area (Å²) in [4.78, 5) is 22.3. The Bertz CT molecular complexity index is 474. The summed E-state index contributed by atoms with van der Waals surface area (Å²) in [7, 11) is 2.14. The average Bonchev–Trinajstić information content (AvgIpc) is 2.70. The molecule has 1 fully saturated rings. The minimum Gasteiger partial charge on any atom is -0.350 e. The largest absolute Gasteiger partial charge is 0.350 e. The van der Waals surface area contributed by atoms with Gasteiger partial charge in [0.1, 0.15) is 0 Å². The number of carbonyl (C=O) groups is 1. The number of rotatable bonds is 5. The van der Waals surface area contributed by atoms with E-state index in [1.165, 1.54) is 4.88 Å². The number of hydrogen-bond donors (Lipinski definition) is 1. The van der Waals surface area contributed by atoms with Gasteiger partial charge in [0, 0.05) is 18.0 Å². The smallest absolute Gasteiger partial charge is 0.234 e. The molecule has 0 atom stereocenters. The van der Waals surface area contributed by atoms with Crippen LogP contribution >= 0.6 is 11.3 Å². The van der Waals surface area contributed by atoms with Crippen molar-refractivity contribution in [1.29, 1.82) is 0 Å². The molecule has 0 bridgehead atoms. The van der Waals surface area contributed by atoms with E-state index >= 15 is 0 Å². The summed E-state index contributed by atoms with van der Waals surface area (Å²) in [5, 5.41) is 4.18. The van der Waals surface area contributed by atoms with Gasteiger partial charge in [0.2, 0.25) is 5.91 Å². The van der Waals surface area contributed by atoms with E-state index in [2.05, 4.69) is 34.1 Å². The van der Waals surface area contributed by atoms with Crippen molar-refractivity contribution in [2.24, 2.45) is 0 Å². The number of thiazole rings is 1. The molecule has 1 saturated heterocycles. The van der Waals surface area contributed by atoms with Crippen LogP contribution in [0.1, 0.15) is 28.9 Å². The lowest BCUT2D eigenvalue weighted by atomic mass is 10.3. The lowest BCUT2D eigenvalue weighted by Crippen LogP contribution is -2.38. The zero-order valence-corrected chi connectivity index (χ0v) is 14.1. The Morgan fingerprint density at radius 2 is 2.14 bits per heavy atom. The van der Waals surface area contributed by atoms with E-state index in [4.69, 9.17) is 0 Å². The van der Waals surface area contributed by atoms with Gasteiger partial charge in [-0.15, -0.1) is 11.3 Å². The van der Waals surface area contributed by atoms with Crippen molar-refractivity contribution in [3.63, 3.8) is 0 Å². The zero-order chi connectivity index (χ0) is 15.2. The van der Waals surface area contributed by atoms with Crippen LogP contribution in [0, 0.1) is 6.92 Å². The maximum absolute atomic E-state index is 12.1. The molecule has 5 nitrogen and oxygen atoms in total. The highest BCUT2D eigenvalue weighted by Gasteiger charge is 2.15. The molecule has 1 aromatic rings. The van der Waals surface area contributed by atoms with Crippen LogP contribution in [0.25, 0.3) is 0 Å². The minimum atomic E-state index is 0.116. The van der Waals surface area contributed by atoms with Gasteiger partial charge >= 0.3 is 0 Å². The zero-order valence-electron chi connectivity index (χ0n) is 13.3. The standard InChI is InChI=1S/C15H26N4OS/c1-4-15-17-12(2)13(21-15)10-16-14(20)11-19-7-5-6-18(3)8-9-19/h4-11H2,1-3H3,(H,16,20). The fraction of sp³-hybridized carbons (Fsp3) is 0.733. The molecule has 1 aromatic heterocycles. The van der Waals surface area contributed by atoms with Crippen LogP contribution in [0.3, 0.4) is 0 Å². The predicted octanol–water partition coefficient (Wildman–Crippen LogP) is 1.27. The molecule has 0 aliphatic carbocycles. The lowest BCUT2D eigenvalue weighted by Gasteiger charge is -2.19. The molecule has 2 heterocycles. The van der Waals surface area contributed by atoms with Crippen molar-refractivity contribution in [3.05, 3.63) is 15.6 Å². The Morgan fingerprint density at radius 1 is 1.33 bits per heavy atom. The molecule has 6 heteroatoms. The lowest BCUT2D eigenvalue weighted by molar-refractivity contribution is -0.122. The van der Waals surface area contributed by atoms with Crippen molar-refractivity contribution in [2.75, 3.05) is 39.8 Å². The summed E-state index contributed by atoms with van der Waals surface area (Å²) in [6.07, 6.45) is 2.10. The third kappa shape index (κ3) is 5.05. The van der Waals surface area contributed by atoms with Crippen LogP contribution in [-0.4, -0.2) is 60.5 Å². The van der Waals surface area contributed by atoms with Crippen LogP contribution in [0.2, 0.25) is 0 Å². The van der Waals surface area contributed by atoms with Crippen LogP contribution in [0.15, 0.2) is 0 Å². The Hall–Kier alpha value is -0.980. The summed E-state index contributed by atoms with van der Waals surface area (Å²) in [6, 6.07) is 0. The first kappa shape index (κ1) is 16.4. The number of carbonyl (C=O) groups excluding carboxylic acids is 1. The quantitative estimate of drug-likeness (QED) is 0.890. The van der Waals surface area contributed by atoms with E-state index in [9.17, 15) is 4.79 Å². The molecular formula is C15H26N4OS. The van der Waals surface area contributed by atoms with Crippen LogP contribution in [0.4, 0.5) is 0 Å². The van der Waals surface area contributed by atoms with Gasteiger partial charge in [0.15, 0.2) is 0 Å². The Balaban J connectivity index is 1.77. The van der Waals surface area contributed by atoms with Gasteiger partial charge in [-0.1, -0.05) is 6.92 Å². The van der Waals surface area contributed by atoms with Gasteiger partial charge in [-0.3, -0.25) is 9.69 Å². The Labute approximate surface area is 131 Å². The number of aryl methyl sites for hydroxylation is 2. The van der Waals surface area contributed by atoms with Crippen molar-refractivity contribution < 1.29 is 4.79 Å². The van der Waals surface area contributed by atoms with Crippen LogP contribution in [-0.2, 0) is 17.8 Å². The summed E-state index contributed by atoms with van der Waals surface area (Å²) in [5.41, 5.74) is 1.05. The second-order valence-electron chi connectivity index (χ2n) is 5.68.